The lowest BCUT2D eigenvalue weighted by molar-refractivity contribution is -0.148. The number of amides is 2. The van der Waals surface area contributed by atoms with E-state index in [0.717, 1.165) is 44.3 Å². The van der Waals surface area contributed by atoms with E-state index in [9.17, 15) is 9.59 Å². The van der Waals surface area contributed by atoms with Crippen LogP contribution in [0.25, 0.3) is 0 Å². The zero-order chi connectivity index (χ0) is 16.7. The average molecular weight is 326 g/mol. The zero-order valence-corrected chi connectivity index (χ0v) is 14.4. The molecule has 1 aromatic rings. The third-order valence-corrected chi connectivity index (χ3v) is 5.70. The van der Waals surface area contributed by atoms with Crippen molar-refractivity contribution in [2.45, 2.75) is 45.1 Å². The summed E-state index contributed by atoms with van der Waals surface area (Å²) in [4.78, 5) is 30.0. The summed E-state index contributed by atoms with van der Waals surface area (Å²) in [6, 6.07) is 7.75. The van der Waals surface area contributed by atoms with E-state index < -0.39 is 6.04 Å². The van der Waals surface area contributed by atoms with Gasteiger partial charge >= 0.3 is 0 Å². The van der Waals surface area contributed by atoms with E-state index in [1.165, 1.54) is 12.0 Å². The van der Waals surface area contributed by atoms with Crippen LogP contribution in [0.1, 0.15) is 49.8 Å². The molecule has 2 atom stereocenters. The Morgan fingerprint density at radius 3 is 2.58 bits per heavy atom. The van der Waals surface area contributed by atoms with E-state index in [-0.39, 0.29) is 17.7 Å². The Hall–Kier alpha value is -1.84. The van der Waals surface area contributed by atoms with Gasteiger partial charge < -0.3 is 9.80 Å². The second-order valence-electron chi connectivity index (χ2n) is 7.69. The highest BCUT2D eigenvalue weighted by Crippen LogP contribution is 2.38. The van der Waals surface area contributed by atoms with Crippen molar-refractivity contribution in [3.05, 3.63) is 35.4 Å². The van der Waals surface area contributed by atoms with Crippen molar-refractivity contribution in [3.8, 4) is 0 Å². The van der Waals surface area contributed by atoms with Crippen molar-refractivity contribution in [1.29, 1.82) is 0 Å². The van der Waals surface area contributed by atoms with Gasteiger partial charge in [-0.25, -0.2) is 0 Å². The molecule has 4 nitrogen and oxygen atoms in total. The van der Waals surface area contributed by atoms with Crippen molar-refractivity contribution in [1.82, 2.24) is 9.80 Å². The van der Waals surface area contributed by atoms with E-state index in [1.54, 1.807) is 0 Å². The minimum Gasteiger partial charge on any atom is -0.340 e. The van der Waals surface area contributed by atoms with E-state index in [1.807, 2.05) is 28.0 Å². The number of benzene rings is 1. The van der Waals surface area contributed by atoms with Crippen molar-refractivity contribution >= 4 is 11.8 Å². The molecule has 0 radical (unpaired) electrons. The van der Waals surface area contributed by atoms with E-state index >= 15 is 0 Å². The molecule has 2 heterocycles. The first-order valence-corrected chi connectivity index (χ1v) is 9.32. The number of hydrogen-bond donors (Lipinski definition) is 0. The lowest BCUT2D eigenvalue weighted by Crippen LogP contribution is -2.50. The predicted octanol–water partition coefficient (Wildman–Crippen LogP) is 2.78. The molecule has 128 valence electrons. The zero-order valence-electron chi connectivity index (χ0n) is 14.4. The van der Waals surface area contributed by atoms with Crippen LogP contribution in [0.2, 0.25) is 0 Å². The average Bonchev–Trinajstić information content (AvgIpc) is 3.44. The maximum absolute atomic E-state index is 13.4. The smallest absolute Gasteiger partial charge is 0.250 e. The topological polar surface area (TPSA) is 40.6 Å². The highest BCUT2D eigenvalue weighted by Gasteiger charge is 2.43. The molecule has 1 saturated carbocycles. The van der Waals surface area contributed by atoms with Gasteiger partial charge in [0.15, 0.2) is 0 Å². The maximum Gasteiger partial charge on any atom is 0.250 e. The number of carbonyl (C=O) groups is 2. The standard InChI is InChI=1S/C20H26N2O2/c1-14-5-4-11-21(13-14)20(24)18-17-7-3-2-6-15(17)10-12-22(18)19(23)16-8-9-16/h2-3,6-7,14,16,18H,4-5,8-13H2,1H3/t14-,18+/m1/s1. The van der Waals surface area contributed by atoms with Crippen LogP contribution in [0.15, 0.2) is 24.3 Å². The lowest BCUT2D eigenvalue weighted by Gasteiger charge is -2.41. The predicted molar refractivity (Wildman–Crippen MR) is 92.3 cm³/mol. The number of carbonyl (C=O) groups excluding carboxylic acids is 2. The van der Waals surface area contributed by atoms with E-state index in [0.29, 0.717) is 12.5 Å². The van der Waals surface area contributed by atoms with Gasteiger partial charge in [-0.15, -0.1) is 0 Å². The lowest BCUT2D eigenvalue weighted by atomic mass is 9.90. The maximum atomic E-state index is 13.4. The highest BCUT2D eigenvalue weighted by molar-refractivity contribution is 5.91. The SMILES string of the molecule is C[C@@H]1CCCN(C(=O)[C@@H]2c3ccccc3CCN2C(=O)C2CC2)C1. The Bertz CT molecular complexity index is 653. The van der Waals surface area contributed by atoms with E-state index in [2.05, 4.69) is 13.0 Å². The van der Waals surface area contributed by atoms with Crippen LogP contribution in [0.3, 0.4) is 0 Å². The first-order valence-electron chi connectivity index (χ1n) is 9.32. The third-order valence-electron chi connectivity index (χ3n) is 5.70. The number of likely N-dealkylation sites (tertiary alicyclic amines) is 1. The minimum atomic E-state index is -0.409. The molecule has 0 spiro atoms. The number of piperidine rings is 1. The molecule has 2 amide bonds. The number of rotatable bonds is 2. The molecule has 24 heavy (non-hydrogen) atoms. The summed E-state index contributed by atoms with van der Waals surface area (Å²) in [5, 5.41) is 0. The summed E-state index contributed by atoms with van der Waals surface area (Å²) in [6.07, 6.45) is 5.08. The molecule has 4 heteroatoms. The van der Waals surface area contributed by atoms with Gasteiger partial charge in [-0.2, -0.15) is 0 Å². The van der Waals surface area contributed by atoms with Crippen LogP contribution in [0.5, 0.6) is 0 Å². The van der Waals surface area contributed by atoms with Crippen molar-refractivity contribution in [2.24, 2.45) is 11.8 Å². The van der Waals surface area contributed by atoms with Gasteiger partial charge in [0.1, 0.15) is 6.04 Å². The normalized spacial score (nSPS) is 26.9. The summed E-state index contributed by atoms with van der Waals surface area (Å²) in [7, 11) is 0. The van der Waals surface area contributed by atoms with Gasteiger partial charge in [-0.05, 0) is 49.1 Å². The molecule has 0 unspecified atom stereocenters. The summed E-state index contributed by atoms with van der Waals surface area (Å²) in [5.74, 6) is 1.02. The van der Waals surface area contributed by atoms with Gasteiger partial charge in [0.25, 0.3) is 0 Å². The van der Waals surface area contributed by atoms with Crippen LogP contribution in [-0.2, 0) is 16.0 Å². The molecule has 2 fully saturated rings. The first-order chi connectivity index (χ1) is 11.6. The number of fused-ring (bicyclic) bond motifs is 1. The van der Waals surface area contributed by atoms with Gasteiger partial charge in [0.05, 0.1) is 0 Å². The summed E-state index contributed by atoms with van der Waals surface area (Å²) >= 11 is 0. The molecule has 1 saturated heterocycles. The molecule has 4 rings (SSSR count). The Balaban J connectivity index is 1.66. The molecule has 0 N–H and O–H groups in total. The number of nitrogens with zero attached hydrogens (tertiary/aromatic N) is 2. The largest absolute Gasteiger partial charge is 0.340 e. The Morgan fingerprint density at radius 1 is 1.04 bits per heavy atom. The molecule has 1 aromatic carbocycles. The Labute approximate surface area is 143 Å². The van der Waals surface area contributed by atoms with Crippen LogP contribution in [-0.4, -0.2) is 41.2 Å². The fourth-order valence-electron chi connectivity index (χ4n) is 4.20. The minimum absolute atomic E-state index is 0.128. The van der Waals surface area contributed by atoms with Crippen LogP contribution >= 0.6 is 0 Å². The fourth-order valence-corrected chi connectivity index (χ4v) is 4.20. The summed E-state index contributed by atoms with van der Waals surface area (Å²) in [6.45, 7) is 4.53. The highest BCUT2D eigenvalue weighted by atomic mass is 16.2. The molecule has 2 aliphatic heterocycles. The molecular weight excluding hydrogens is 300 g/mol. The summed E-state index contributed by atoms with van der Waals surface area (Å²) in [5.41, 5.74) is 2.27. The quantitative estimate of drug-likeness (QED) is 0.838. The van der Waals surface area contributed by atoms with Crippen LogP contribution in [0.4, 0.5) is 0 Å². The Kier molecular flexibility index (Phi) is 4.07. The number of hydrogen-bond acceptors (Lipinski definition) is 2. The van der Waals surface area contributed by atoms with Crippen LogP contribution in [0, 0.1) is 11.8 Å². The second kappa shape index (κ2) is 6.23. The molecule has 0 bridgehead atoms. The Morgan fingerprint density at radius 2 is 1.83 bits per heavy atom. The summed E-state index contributed by atoms with van der Waals surface area (Å²) < 4.78 is 0. The van der Waals surface area contributed by atoms with Gasteiger partial charge in [0, 0.05) is 25.6 Å². The monoisotopic (exact) mass is 326 g/mol. The van der Waals surface area contributed by atoms with Gasteiger partial charge in [-0.3, -0.25) is 9.59 Å². The molecule has 3 aliphatic rings. The van der Waals surface area contributed by atoms with Crippen molar-refractivity contribution < 1.29 is 9.59 Å². The second-order valence-corrected chi connectivity index (χ2v) is 7.69. The fraction of sp³-hybridized carbons (Fsp3) is 0.600. The van der Waals surface area contributed by atoms with Gasteiger partial charge in [-0.1, -0.05) is 31.2 Å². The van der Waals surface area contributed by atoms with Crippen molar-refractivity contribution in [2.75, 3.05) is 19.6 Å². The first kappa shape index (κ1) is 15.7. The molecular formula is C20H26N2O2. The van der Waals surface area contributed by atoms with E-state index in [4.69, 9.17) is 0 Å². The molecule has 0 aromatic heterocycles. The molecule has 1 aliphatic carbocycles. The van der Waals surface area contributed by atoms with Crippen molar-refractivity contribution in [3.63, 3.8) is 0 Å². The van der Waals surface area contributed by atoms with Gasteiger partial charge in [0.2, 0.25) is 11.8 Å². The third kappa shape index (κ3) is 2.83. The van der Waals surface area contributed by atoms with Crippen LogP contribution < -0.4 is 0 Å².